The Labute approximate surface area is 206 Å². The van der Waals surface area contributed by atoms with Crippen molar-refractivity contribution in [1.29, 1.82) is 0 Å². The van der Waals surface area contributed by atoms with Gasteiger partial charge in [0.15, 0.2) is 0 Å². The van der Waals surface area contributed by atoms with Gasteiger partial charge in [-0.15, -0.1) is 0 Å². The number of benzene rings is 2. The third-order valence-electron chi connectivity index (χ3n) is 9.02. The molecular weight excluding hydrogens is 418 g/mol. The lowest BCUT2D eigenvalue weighted by Gasteiger charge is -2.50. The molecule has 2 aromatic rings. The highest BCUT2D eigenvalue weighted by Gasteiger charge is 2.45. The van der Waals surface area contributed by atoms with Crippen LogP contribution in [0.2, 0.25) is 0 Å². The lowest BCUT2D eigenvalue weighted by molar-refractivity contribution is 0.119. The number of β-amino-alcohol motifs (C(OH)–C–C–N with tert-alkyl or cyclic N) is 1. The third kappa shape index (κ3) is 5.05. The number of likely N-dealkylation sites (tertiary alicyclic amines) is 1. The van der Waals surface area contributed by atoms with Crippen molar-refractivity contribution < 1.29 is 5.11 Å². The molecule has 0 saturated carbocycles. The van der Waals surface area contributed by atoms with Gasteiger partial charge in [0.1, 0.15) is 0 Å². The van der Waals surface area contributed by atoms with Crippen molar-refractivity contribution in [3.05, 3.63) is 66.2 Å². The molecule has 0 spiro atoms. The van der Waals surface area contributed by atoms with Crippen molar-refractivity contribution in [2.24, 2.45) is 23.7 Å². The maximum Gasteiger partial charge on any atom is 0.0679 e. The molecule has 0 aromatic heterocycles. The molecule has 34 heavy (non-hydrogen) atoms. The second-order valence-corrected chi connectivity index (χ2v) is 11.5. The molecule has 8 atom stereocenters. The summed E-state index contributed by atoms with van der Waals surface area (Å²) in [6.07, 6.45) is 3.23. The van der Waals surface area contributed by atoms with E-state index in [1.165, 1.54) is 30.6 Å². The summed E-state index contributed by atoms with van der Waals surface area (Å²) in [6, 6.07) is 23.7. The van der Waals surface area contributed by atoms with E-state index < -0.39 is 0 Å². The van der Waals surface area contributed by atoms with Crippen molar-refractivity contribution in [2.75, 3.05) is 24.5 Å². The van der Waals surface area contributed by atoms with Crippen molar-refractivity contribution in [1.82, 2.24) is 10.2 Å². The summed E-state index contributed by atoms with van der Waals surface area (Å²) >= 11 is 0. The molecule has 0 radical (unpaired) electrons. The minimum Gasteiger partial charge on any atom is -0.392 e. The standard InChI is InChI=1S/C30H43N3O/c1-21-14-29(32(18-21)19-24-10-6-4-7-11-24)30-15-22(2)27(23(3)28-16-26(34)17-31-28)20-33(30)25-12-8-5-9-13-25/h4-13,21-23,26-31,34H,14-20H2,1-3H3/t21-,22+,23+,26-,27?,28+,29?,30?/m0/s1. The van der Waals surface area contributed by atoms with Crippen molar-refractivity contribution in [2.45, 2.75) is 70.8 Å². The minimum absolute atomic E-state index is 0.184. The molecule has 0 bridgehead atoms. The Morgan fingerprint density at radius 3 is 2.29 bits per heavy atom. The van der Waals surface area contributed by atoms with Crippen molar-refractivity contribution >= 4 is 5.69 Å². The van der Waals surface area contributed by atoms with Crippen LogP contribution in [-0.2, 0) is 6.54 Å². The Morgan fingerprint density at radius 2 is 1.62 bits per heavy atom. The van der Waals surface area contributed by atoms with Gasteiger partial charge >= 0.3 is 0 Å². The van der Waals surface area contributed by atoms with Gasteiger partial charge in [0.05, 0.1) is 6.10 Å². The first kappa shape index (κ1) is 23.8. The molecule has 2 aromatic carbocycles. The molecule has 3 heterocycles. The number of rotatable bonds is 6. The largest absolute Gasteiger partial charge is 0.392 e. The predicted molar refractivity (Wildman–Crippen MR) is 141 cm³/mol. The number of hydrogen-bond acceptors (Lipinski definition) is 4. The number of nitrogens with zero attached hydrogens (tertiary/aromatic N) is 2. The zero-order chi connectivity index (χ0) is 23.7. The Morgan fingerprint density at radius 1 is 0.912 bits per heavy atom. The average molecular weight is 462 g/mol. The number of anilines is 1. The quantitative estimate of drug-likeness (QED) is 0.649. The van der Waals surface area contributed by atoms with E-state index >= 15 is 0 Å². The molecule has 3 aliphatic rings. The fourth-order valence-corrected chi connectivity index (χ4v) is 7.21. The third-order valence-corrected chi connectivity index (χ3v) is 9.02. The van der Waals surface area contributed by atoms with E-state index in [4.69, 9.17) is 0 Å². The Hall–Kier alpha value is -1.88. The van der Waals surface area contributed by atoms with Gasteiger partial charge < -0.3 is 15.3 Å². The number of piperidine rings is 1. The topological polar surface area (TPSA) is 38.7 Å². The van der Waals surface area contributed by atoms with Gasteiger partial charge in [0.25, 0.3) is 0 Å². The Bertz CT molecular complexity index is 906. The average Bonchev–Trinajstić information content (AvgIpc) is 3.44. The first-order chi connectivity index (χ1) is 16.5. The van der Waals surface area contributed by atoms with E-state index in [9.17, 15) is 5.11 Å². The van der Waals surface area contributed by atoms with Crippen LogP contribution in [0.3, 0.4) is 0 Å². The summed E-state index contributed by atoms with van der Waals surface area (Å²) in [5.74, 6) is 2.60. The first-order valence-corrected chi connectivity index (χ1v) is 13.5. The van der Waals surface area contributed by atoms with Crippen LogP contribution in [0.25, 0.3) is 0 Å². The van der Waals surface area contributed by atoms with Gasteiger partial charge in [0, 0.05) is 50.0 Å². The molecule has 3 fully saturated rings. The number of aliphatic hydroxyl groups excluding tert-OH is 1. The van der Waals surface area contributed by atoms with E-state index in [1.54, 1.807) is 0 Å². The molecule has 3 unspecified atom stereocenters. The molecule has 0 aliphatic carbocycles. The van der Waals surface area contributed by atoms with Gasteiger partial charge in [-0.2, -0.15) is 0 Å². The zero-order valence-corrected chi connectivity index (χ0v) is 21.2. The fraction of sp³-hybridized carbons (Fsp3) is 0.600. The van der Waals surface area contributed by atoms with Gasteiger partial charge in [-0.1, -0.05) is 69.3 Å². The summed E-state index contributed by atoms with van der Waals surface area (Å²) in [6.45, 7) is 11.4. The van der Waals surface area contributed by atoms with Crippen molar-refractivity contribution in [3.63, 3.8) is 0 Å². The maximum atomic E-state index is 10.1. The van der Waals surface area contributed by atoms with Crippen LogP contribution in [-0.4, -0.2) is 53.9 Å². The predicted octanol–water partition coefficient (Wildman–Crippen LogP) is 4.79. The highest BCUT2D eigenvalue weighted by Crippen LogP contribution is 2.42. The highest BCUT2D eigenvalue weighted by atomic mass is 16.3. The van der Waals surface area contributed by atoms with Crippen LogP contribution < -0.4 is 10.2 Å². The van der Waals surface area contributed by atoms with E-state index in [1.807, 2.05) is 0 Å². The molecular formula is C30H43N3O. The van der Waals surface area contributed by atoms with Crippen LogP contribution in [0, 0.1) is 23.7 Å². The molecule has 184 valence electrons. The van der Waals surface area contributed by atoms with Gasteiger partial charge in [-0.3, -0.25) is 4.90 Å². The SMILES string of the molecule is C[C@H]1CC(C2C[C@@H](C)C([C@@H](C)[C@H]3C[C@H](O)CN3)CN2c2ccccc2)N(Cc2ccccc2)C1. The van der Waals surface area contributed by atoms with Gasteiger partial charge in [-0.25, -0.2) is 0 Å². The fourth-order valence-electron chi connectivity index (χ4n) is 7.21. The number of nitrogens with one attached hydrogen (secondary N) is 1. The molecule has 4 heteroatoms. The Kier molecular flexibility index (Phi) is 7.29. The number of aliphatic hydroxyl groups is 1. The monoisotopic (exact) mass is 461 g/mol. The molecule has 3 saturated heterocycles. The van der Waals surface area contributed by atoms with Gasteiger partial charge in [-0.05, 0) is 60.6 Å². The zero-order valence-electron chi connectivity index (χ0n) is 21.2. The maximum absolute atomic E-state index is 10.1. The van der Waals surface area contributed by atoms with E-state index in [2.05, 4.69) is 96.6 Å². The van der Waals surface area contributed by atoms with E-state index in [-0.39, 0.29) is 6.10 Å². The molecule has 2 N–H and O–H groups in total. The molecule has 0 amide bonds. The van der Waals surface area contributed by atoms with Crippen LogP contribution in [0.15, 0.2) is 60.7 Å². The summed E-state index contributed by atoms with van der Waals surface area (Å²) in [4.78, 5) is 5.53. The van der Waals surface area contributed by atoms with Crippen molar-refractivity contribution in [3.8, 4) is 0 Å². The number of hydrogen-bond donors (Lipinski definition) is 2. The van der Waals surface area contributed by atoms with Crippen LogP contribution in [0.5, 0.6) is 0 Å². The summed E-state index contributed by atoms with van der Waals surface area (Å²) in [5.41, 5.74) is 2.80. The van der Waals surface area contributed by atoms with Gasteiger partial charge in [0.2, 0.25) is 0 Å². The first-order valence-electron chi connectivity index (χ1n) is 13.5. The van der Waals surface area contributed by atoms with Crippen LogP contribution in [0.4, 0.5) is 5.69 Å². The van der Waals surface area contributed by atoms with E-state index in [0.29, 0.717) is 35.9 Å². The second kappa shape index (κ2) is 10.4. The minimum atomic E-state index is -0.184. The van der Waals surface area contributed by atoms with E-state index in [0.717, 1.165) is 32.0 Å². The highest BCUT2D eigenvalue weighted by molar-refractivity contribution is 5.48. The summed E-state index contributed by atoms with van der Waals surface area (Å²) < 4.78 is 0. The number of para-hydroxylation sites is 1. The lowest BCUT2D eigenvalue weighted by Crippen LogP contribution is -2.57. The second-order valence-electron chi connectivity index (χ2n) is 11.5. The molecule has 5 rings (SSSR count). The Balaban J connectivity index is 1.40. The molecule has 3 aliphatic heterocycles. The molecule has 4 nitrogen and oxygen atoms in total. The summed E-state index contributed by atoms with van der Waals surface area (Å²) in [7, 11) is 0. The smallest absolute Gasteiger partial charge is 0.0679 e. The van der Waals surface area contributed by atoms with Crippen LogP contribution >= 0.6 is 0 Å². The van der Waals surface area contributed by atoms with Crippen LogP contribution in [0.1, 0.15) is 45.6 Å². The lowest BCUT2D eigenvalue weighted by atomic mass is 9.72. The normalized spacial score (nSPS) is 35.5. The summed E-state index contributed by atoms with van der Waals surface area (Å²) in [5, 5.41) is 13.7.